The highest BCUT2D eigenvalue weighted by atomic mass is 16.7. The van der Waals surface area contributed by atoms with Crippen LogP contribution >= 0.6 is 0 Å². The molecule has 0 aromatic carbocycles. The smallest absolute Gasteiger partial charge is 0.225 e. The SMILES string of the molecule is CON1CCN(C(=O)C2CCNCC2)CC1. The highest BCUT2D eigenvalue weighted by Gasteiger charge is 2.28. The van der Waals surface area contributed by atoms with Gasteiger partial charge in [-0.25, -0.2) is 0 Å². The monoisotopic (exact) mass is 227 g/mol. The molecule has 2 aliphatic rings. The van der Waals surface area contributed by atoms with E-state index >= 15 is 0 Å². The van der Waals surface area contributed by atoms with Crippen LogP contribution in [0.2, 0.25) is 0 Å². The molecule has 0 bridgehead atoms. The standard InChI is InChI=1S/C11H21N3O2/c1-16-14-8-6-13(7-9-14)11(15)10-2-4-12-5-3-10/h10,12H,2-9H2,1H3. The fraction of sp³-hybridized carbons (Fsp3) is 0.909. The lowest BCUT2D eigenvalue weighted by Crippen LogP contribution is -2.51. The van der Waals surface area contributed by atoms with Crippen molar-refractivity contribution in [2.45, 2.75) is 12.8 Å². The fourth-order valence-electron chi connectivity index (χ4n) is 2.42. The van der Waals surface area contributed by atoms with E-state index < -0.39 is 0 Å². The number of nitrogens with one attached hydrogen (secondary N) is 1. The van der Waals surface area contributed by atoms with E-state index in [4.69, 9.17) is 4.84 Å². The predicted octanol–water partition coefficient (Wildman–Crippen LogP) is -0.308. The molecule has 0 aromatic heterocycles. The molecule has 2 aliphatic heterocycles. The highest BCUT2D eigenvalue weighted by Crippen LogP contribution is 2.16. The fourth-order valence-corrected chi connectivity index (χ4v) is 2.42. The van der Waals surface area contributed by atoms with Crippen molar-refractivity contribution in [1.29, 1.82) is 0 Å². The summed E-state index contributed by atoms with van der Waals surface area (Å²) in [6.07, 6.45) is 1.98. The molecular formula is C11H21N3O2. The van der Waals surface area contributed by atoms with Crippen LogP contribution in [-0.4, -0.2) is 62.2 Å². The van der Waals surface area contributed by atoms with Gasteiger partial charge in [0.25, 0.3) is 0 Å². The van der Waals surface area contributed by atoms with Gasteiger partial charge in [-0.1, -0.05) is 0 Å². The van der Waals surface area contributed by atoms with Crippen molar-refractivity contribution in [3.05, 3.63) is 0 Å². The van der Waals surface area contributed by atoms with Crippen LogP contribution < -0.4 is 5.32 Å². The van der Waals surface area contributed by atoms with E-state index in [0.29, 0.717) is 5.91 Å². The van der Waals surface area contributed by atoms with Gasteiger partial charge in [-0.05, 0) is 25.9 Å². The number of carbonyl (C=O) groups is 1. The van der Waals surface area contributed by atoms with E-state index in [9.17, 15) is 4.79 Å². The van der Waals surface area contributed by atoms with Crippen molar-refractivity contribution < 1.29 is 9.63 Å². The summed E-state index contributed by atoms with van der Waals surface area (Å²) in [6, 6.07) is 0. The number of piperidine rings is 1. The van der Waals surface area contributed by atoms with Gasteiger partial charge in [-0.3, -0.25) is 4.79 Å². The average molecular weight is 227 g/mol. The third-order valence-electron chi connectivity index (χ3n) is 3.50. The summed E-state index contributed by atoms with van der Waals surface area (Å²) in [5.41, 5.74) is 0. The van der Waals surface area contributed by atoms with Crippen molar-refractivity contribution >= 4 is 5.91 Å². The Bertz CT molecular complexity index is 233. The molecule has 0 spiro atoms. The molecule has 2 heterocycles. The summed E-state index contributed by atoms with van der Waals surface area (Å²) in [5, 5.41) is 5.20. The molecule has 2 fully saturated rings. The first-order valence-corrected chi connectivity index (χ1v) is 6.10. The first-order chi connectivity index (χ1) is 7.81. The van der Waals surface area contributed by atoms with Crippen LogP contribution in [0.3, 0.4) is 0 Å². The van der Waals surface area contributed by atoms with Crippen molar-refractivity contribution in [3.8, 4) is 0 Å². The van der Waals surface area contributed by atoms with E-state index in [0.717, 1.165) is 52.1 Å². The maximum atomic E-state index is 12.2. The Hall–Kier alpha value is -0.650. The molecule has 5 heteroatoms. The zero-order valence-corrected chi connectivity index (χ0v) is 9.95. The lowest BCUT2D eigenvalue weighted by atomic mass is 9.96. The second-order valence-electron chi connectivity index (χ2n) is 4.46. The molecular weight excluding hydrogens is 206 g/mol. The van der Waals surface area contributed by atoms with Crippen LogP contribution in [0.15, 0.2) is 0 Å². The van der Waals surface area contributed by atoms with Crippen LogP contribution in [0.4, 0.5) is 0 Å². The molecule has 0 saturated carbocycles. The van der Waals surface area contributed by atoms with Crippen LogP contribution in [0.5, 0.6) is 0 Å². The minimum absolute atomic E-state index is 0.246. The van der Waals surface area contributed by atoms with Gasteiger partial charge in [0.1, 0.15) is 0 Å². The lowest BCUT2D eigenvalue weighted by Gasteiger charge is -2.36. The van der Waals surface area contributed by atoms with Gasteiger partial charge in [-0.15, -0.1) is 0 Å². The van der Waals surface area contributed by atoms with E-state index in [2.05, 4.69) is 5.32 Å². The summed E-state index contributed by atoms with van der Waals surface area (Å²) >= 11 is 0. The molecule has 5 nitrogen and oxygen atoms in total. The quantitative estimate of drug-likeness (QED) is 0.703. The molecule has 2 rings (SSSR count). The van der Waals surface area contributed by atoms with Crippen molar-refractivity contribution in [1.82, 2.24) is 15.3 Å². The van der Waals surface area contributed by atoms with Crippen LogP contribution in [-0.2, 0) is 9.63 Å². The Morgan fingerprint density at radius 1 is 1.19 bits per heavy atom. The van der Waals surface area contributed by atoms with E-state index in [1.54, 1.807) is 7.11 Å². The largest absolute Gasteiger partial charge is 0.340 e. The predicted molar refractivity (Wildman–Crippen MR) is 60.8 cm³/mol. The van der Waals surface area contributed by atoms with Gasteiger partial charge in [0.2, 0.25) is 5.91 Å². The maximum absolute atomic E-state index is 12.2. The van der Waals surface area contributed by atoms with E-state index in [1.165, 1.54) is 0 Å². The molecule has 0 unspecified atom stereocenters. The Labute approximate surface area is 96.7 Å². The molecule has 1 N–H and O–H groups in total. The number of piperazine rings is 1. The molecule has 92 valence electrons. The summed E-state index contributed by atoms with van der Waals surface area (Å²) in [7, 11) is 1.68. The average Bonchev–Trinajstić information content (AvgIpc) is 2.39. The Morgan fingerprint density at radius 3 is 2.38 bits per heavy atom. The number of rotatable bonds is 2. The number of nitrogens with zero attached hydrogens (tertiary/aromatic N) is 2. The highest BCUT2D eigenvalue weighted by molar-refractivity contribution is 5.79. The molecule has 16 heavy (non-hydrogen) atoms. The zero-order valence-electron chi connectivity index (χ0n) is 9.95. The summed E-state index contributed by atoms with van der Waals surface area (Å²) in [6.45, 7) is 5.22. The van der Waals surface area contributed by atoms with Crippen molar-refractivity contribution in [2.75, 3.05) is 46.4 Å². The molecule has 2 saturated heterocycles. The van der Waals surface area contributed by atoms with Gasteiger partial charge < -0.3 is 15.1 Å². The lowest BCUT2D eigenvalue weighted by molar-refractivity contribution is -0.163. The molecule has 0 atom stereocenters. The van der Waals surface area contributed by atoms with Gasteiger partial charge in [-0.2, -0.15) is 5.06 Å². The second-order valence-corrected chi connectivity index (χ2v) is 4.46. The van der Waals surface area contributed by atoms with E-state index in [1.807, 2.05) is 9.96 Å². The Balaban J connectivity index is 1.81. The molecule has 0 aromatic rings. The van der Waals surface area contributed by atoms with Gasteiger partial charge in [0.05, 0.1) is 7.11 Å². The number of amides is 1. The summed E-state index contributed by atoms with van der Waals surface area (Å²) < 4.78 is 0. The number of carbonyl (C=O) groups excluding carboxylic acids is 1. The number of hydroxylamine groups is 2. The number of hydrogen-bond donors (Lipinski definition) is 1. The van der Waals surface area contributed by atoms with Crippen LogP contribution in [0, 0.1) is 5.92 Å². The Morgan fingerprint density at radius 2 is 1.81 bits per heavy atom. The second kappa shape index (κ2) is 5.61. The molecule has 0 aliphatic carbocycles. The number of hydrogen-bond acceptors (Lipinski definition) is 4. The molecule has 0 radical (unpaired) electrons. The Kier molecular flexibility index (Phi) is 4.15. The first kappa shape index (κ1) is 11.8. The van der Waals surface area contributed by atoms with Crippen LogP contribution in [0.25, 0.3) is 0 Å². The van der Waals surface area contributed by atoms with Gasteiger partial charge in [0, 0.05) is 32.1 Å². The summed E-state index contributed by atoms with van der Waals surface area (Å²) in [5.74, 6) is 0.590. The normalized spacial score (nSPS) is 24.7. The third kappa shape index (κ3) is 2.72. The van der Waals surface area contributed by atoms with E-state index in [-0.39, 0.29) is 5.92 Å². The maximum Gasteiger partial charge on any atom is 0.225 e. The third-order valence-corrected chi connectivity index (χ3v) is 3.50. The topological polar surface area (TPSA) is 44.8 Å². The van der Waals surface area contributed by atoms with Crippen LogP contribution in [0.1, 0.15) is 12.8 Å². The first-order valence-electron chi connectivity index (χ1n) is 6.10. The minimum atomic E-state index is 0.246. The zero-order chi connectivity index (χ0) is 11.4. The van der Waals surface area contributed by atoms with Crippen molar-refractivity contribution in [3.63, 3.8) is 0 Å². The summed E-state index contributed by atoms with van der Waals surface area (Å²) in [4.78, 5) is 19.3. The van der Waals surface area contributed by atoms with Gasteiger partial charge >= 0.3 is 0 Å². The minimum Gasteiger partial charge on any atom is -0.340 e. The van der Waals surface area contributed by atoms with Gasteiger partial charge in [0.15, 0.2) is 0 Å². The van der Waals surface area contributed by atoms with Crippen molar-refractivity contribution in [2.24, 2.45) is 5.92 Å². The molecule has 1 amide bonds.